The molecule has 0 saturated heterocycles. The van der Waals surface area contributed by atoms with Crippen molar-refractivity contribution >= 4 is 43.0 Å². The molecule has 4 aliphatic rings. The van der Waals surface area contributed by atoms with E-state index in [1.807, 2.05) is 64.2 Å². The van der Waals surface area contributed by atoms with Gasteiger partial charge >= 0.3 is 67.5 Å². The predicted octanol–water partition coefficient (Wildman–Crippen LogP) is 14.8. The maximum Gasteiger partial charge on any atom is 2.00 e. The van der Waals surface area contributed by atoms with E-state index >= 15 is 0 Å². The Labute approximate surface area is 409 Å². The van der Waals surface area contributed by atoms with Gasteiger partial charge in [0, 0.05) is 11.8 Å². The monoisotopic (exact) mass is 975 g/mol. The average Bonchev–Trinajstić information content (AvgIpc) is 4.08. The van der Waals surface area contributed by atoms with Crippen molar-refractivity contribution in [2.24, 2.45) is 9.98 Å². The summed E-state index contributed by atoms with van der Waals surface area (Å²) in [6, 6.07) is 15.5. The Bertz CT molecular complexity index is 1580. The molecule has 0 aliphatic heterocycles. The van der Waals surface area contributed by atoms with E-state index < -0.39 is 0 Å². The second-order valence-electron chi connectivity index (χ2n) is 15.8. The van der Waals surface area contributed by atoms with Gasteiger partial charge in [-0.2, -0.15) is 0 Å². The molecule has 1 aromatic heterocycles. The molecule has 0 N–H and O–H groups in total. The summed E-state index contributed by atoms with van der Waals surface area (Å²) in [5.41, 5.74) is 13.3. The molecular weight excluding hydrogens is 917 g/mol. The van der Waals surface area contributed by atoms with E-state index in [9.17, 15) is 0 Å². The zero-order chi connectivity index (χ0) is 42.9. The Kier molecular flexibility index (Phi) is 27.2. The molecule has 8 heteroatoms. The molecule has 0 bridgehead atoms. The number of hydrogen-bond acceptors (Lipinski definition) is 3. The number of aliphatic imine (C=N–C) groups is 2. The van der Waals surface area contributed by atoms with Gasteiger partial charge < -0.3 is 0 Å². The first-order valence-electron chi connectivity index (χ1n) is 20.4. The molecule has 4 fully saturated rings. The second kappa shape index (κ2) is 29.6. The molecule has 0 atom stereocenters. The quantitative estimate of drug-likeness (QED) is 0.147. The van der Waals surface area contributed by atoms with Crippen LogP contribution in [0.4, 0.5) is 11.4 Å². The van der Waals surface area contributed by atoms with E-state index in [2.05, 4.69) is 163 Å². The Morgan fingerprint density at radius 3 is 0.934 bits per heavy atom. The fourth-order valence-electron chi connectivity index (χ4n) is 6.77. The van der Waals surface area contributed by atoms with E-state index in [0.717, 1.165) is 34.2 Å². The van der Waals surface area contributed by atoms with Crippen LogP contribution < -0.4 is 0 Å². The maximum atomic E-state index is 5.30. The van der Waals surface area contributed by atoms with Gasteiger partial charge in [-0.05, 0) is 199 Å². The molecule has 4 saturated carbocycles. The van der Waals surface area contributed by atoms with Crippen molar-refractivity contribution in [3.05, 3.63) is 215 Å². The molecule has 320 valence electrons. The molecule has 61 heavy (non-hydrogen) atoms. The van der Waals surface area contributed by atoms with Gasteiger partial charge in [-0.3, -0.25) is 9.98 Å². The molecule has 1 heterocycles. The molecule has 4 aliphatic carbocycles. The summed E-state index contributed by atoms with van der Waals surface area (Å²) in [5, 5.41) is 0. The van der Waals surface area contributed by atoms with Gasteiger partial charge in [0.1, 0.15) is 0 Å². The van der Waals surface area contributed by atoms with Crippen molar-refractivity contribution in [2.45, 2.75) is 92.9 Å². The van der Waals surface area contributed by atoms with Crippen LogP contribution in [0, 0.1) is 127 Å². The van der Waals surface area contributed by atoms with Gasteiger partial charge in [-0.15, -0.1) is 0 Å². The molecular formula is C53H59Cl2Fe3N3+4. The van der Waals surface area contributed by atoms with Crippen molar-refractivity contribution in [1.29, 1.82) is 0 Å². The minimum Gasteiger partial charge on any atom is 2.00 e. The van der Waals surface area contributed by atoms with Crippen molar-refractivity contribution in [3.8, 4) is 0 Å². The van der Waals surface area contributed by atoms with E-state index in [4.69, 9.17) is 35.2 Å². The van der Waals surface area contributed by atoms with Gasteiger partial charge in [-0.1, -0.05) is 85.7 Å². The van der Waals surface area contributed by atoms with Gasteiger partial charge in [-0.25, -0.2) is 4.98 Å². The van der Waals surface area contributed by atoms with E-state index in [1.54, 1.807) is 0 Å². The molecule has 0 amide bonds. The Hall–Kier alpha value is -0.932. The van der Waals surface area contributed by atoms with Crippen LogP contribution in [0.2, 0.25) is 0 Å². The molecule has 3 nitrogen and oxygen atoms in total. The first-order valence-corrected chi connectivity index (χ1v) is 23.5. The van der Waals surface area contributed by atoms with E-state index in [-0.39, 0.29) is 47.3 Å². The first-order chi connectivity index (χ1) is 28.4. The number of rotatable bonds is 10. The molecule has 7 rings (SSSR count). The molecule has 0 unspecified atom stereocenters. The van der Waals surface area contributed by atoms with Crippen LogP contribution in [0.25, 0.3) is 0 Å². The minimum atomic E-state index is 0. The van der Waals surface area contributed by atoms with E-state index in [1.165, 1.54) is 45.2 Å². The van der Waals surface area contributed by atoms with Crippen LogP contribution in [0.5, 0.6) is 0 Å². The second-order valence-corrected chi connectivity index (χ2v) is 17.6. The first kappa shape index (κ1) is 56.2. The SMILES string of the molecule is CC(=Nc1c(C(C)C)cc([C]2[CH][CH][CH][CH]2)cc1C(C)C)c1cccc(C(C)=Nc2c(C(C)C)cc([C]3[CH][CH][CH][CH]3)cc2C(C)C)n1.[CH]1[CH][CH][CH][CH]1.[CH]1[CH][CH][CH][CH]1.[Cl][Fe][Cl].[Fe+2].[Fe+2]. The summed E-state index contributed by atoms with van der Waals surface area (Å²) >= 11 is 0.194. The van der Waals surface area contributed by atoms with Crippen LogP contribution in [0.15, 0.2) is 52.4 Å². The normalized spacial score (nSPS) is 17.2. The summed E-state index contributed by atoms with van der Waals surface area (Å²) < 4.78 is 0. The van der Waals surface area contributed by atoms with Crippen LogP contribution in [0.1, 0.15) is 138 Å². The predicted molar refractivity (Wildman–Crippen MR) is 251 cm³/mol. The van der Waals surface area contributed by atoms with Crippen LogP contribution in [-0.2, 0) is 47.3 Å². The number of halogens is 2. The van der Waals surface area contributed by atoms with Crippen molar-refractivity contribution in [1.82, 2.24) is 4.98 Å². The van der Waals surface area contributed by atoms with E-state index in [0.29, 0.717) is 23.7 Å². The van der Waals surface area contributed by atoms with Gasteiger partial charge in [0.25, 0.3) is 0 Å². The topological polar surface area (TPSA) is 37.6 Å². The Morgan fingerprint density at radius 2 is 0.705 bits per heavy atom. The number of nitrogens with zero attached hydrogens (tertiary/aromatic N) is 3. The van der Waals surface area contributed by atoms with Crippen molar-refractivity contribution < 1.29 is 47.3 Å². The third kappa shape index (κ3) is 17.4. The summed E-state index contributed by atoms with van der Waals surface area (Å²) in [6.07, 6.45) is 37.1. The number of pyridine rings is 1. The minimum absolute atomic E-state index is 0. The largest absolute Gasteiger partial charge is 2.00 e. The number of aromatic nitrogens is 1. The number of hydrogen-bond donors (Lipinski definition) is 0. The zero-order valence-electron chi connectivity index (χ0n) is 36.9. The molecule has 3 aromatic rings. The summed E-state index contributed by atoms with van der Waals surface area (Å²) in [6.45, 7) is 22.2. The third-order valence-electron chi connectivity index (χ3n) is 9.98. The van der Waals surface area contributed by atoms with Crippen LogP contribution in [-0.4, -0.2) is 16.4 Å². The van der Waals surface area contributed by atoms with Gasteiger partial charge in [0.2, 0.25) is 0 Å². The van der Waals surface area contributed by atoms with Crippen molar-refractivity contribution in [2.75, 3.05) is 0 Å². The summed E-state index contributed by atoms with van der Waals surface area (Å²) in [4.78, 5) is 15.7. The maximum absolute atomic E-state index is 5.30. The van der Waals surface area contributed by atoms with Gasteiger partial charge in [0.15, 0.2) is 0 Å². The summed E-state index contributed by atoms with van der Waals surface area (Å²) in [5.74, 6) is 3.85. The van der Waals surface area contributed by atoms with Gasteiger partial charge in [0.05, 0.1) is 34.2 Å². The third-order valence-corrected chi connectivity index (χ3v) is 9.98. The standard InChI is InChI=1S/C43H49N3.2C5H5.2ClH.3Fe/c1-26(2)36-22-34(32-16-11-12-17-32)23-37(27(3)4)42(36)44-30(9)40-20-15-21-41(46-40)31(10)45-43-38(28(5)6)24-35(25-39(43)29(7)8)33-18-13-14-19-33;2*1-2-4-5-3-1;;;;;/h11-29H,1-10H3;2*1-5H;2*1H;;;/q;;;;;3*+2/p-2. The fraction of sp³-hybridized carbons (Fsp3) is 0.264. The fourth-order valence-corrected chi connectivity index (χ4v) is 6.77. The smallest absolute Gasteiger partial charge is 2.00 e. The molecule has 2 aromatic carbocycles. The number of benzene rings is 2. The zero-order valence-corrected chi connectivity index (χ0v) is 41.7. The Balaban J connectivity index is 0.000000733. The van der Waals surface area contributed by atoms with Crippen LogP contribution in [0.3, 0.4) is 0 Å². The Morgan fingerprint density at radius 1 is 0.459 bits per heavy atom. The van der Waals surface area contributed by atoms with Crippen LogP contribution >= 0.6 is 20.2 Å². The molecule has 20 radical (unpaired) electrons. The van der Waals surface area contributed by atoms with Crippen molar-refractivity contribution in [3.63, 3.8) is 0 Å². The average molecular weight is 977 g/mol. The summed E-state index contributed by atoms with van der Waals surface area (Å²) in [7, 11) is 9.53. The molecule has 0 spiro atoms.